The summed E-state index contributed by atoms with van der Waals surface area (Å²) in [4.78, 5) is 8.02. The lowest BCUT2D eigenvalue weighted by Gasteiger charge is -2.01. The summed E-state index contributed by atoms with van der Waals surface area (Å²) >= 11 is 0. The zero-order valence-electron chi connectivity index (χ0n) is 7.32. The predicted molar refractivity (Wildman–Crippen MR) is 48.4 cm³/mol. The van der Waals surface area contributed by atoms with Gasteiger partial charge in [-0.3, -0.25) is 0 Å². The number of rotatable bonds is 3. The average molecular weight is 178 g/mol. The van der Waals surface area contributed by atoms with E-state index < -0.39 is 0 Å². The molecule has 0 aliphatic heterocycles. The molecule has 0 bridgehead atoms. The van der Waals surface area contributed by atoms with Crippen LogP contribution in [0.1, 0.15) is 13.3 Å². The van der Waals surface area contributed by atoms with Crippen molar-refractivity contribution in [3.05, 3.63) is 12.5 Å². The Labute approximate surface area is 75.2 Å². The lowest BCUT2D eigenvalue weighted by molar-refractivity contribution is 0.448. The second kappa shape index (κ2) is 3.38. The lowest BCUT2D eigenvalue weighted by Crippen LogP contribution is -2.02. The molecule has 2 heterocycles. The van der Waals surface area contributed by atoms with Crippen LogP contribution in [0.2, 0.25) is 0 Å². The van der Waals surface area contributed by atoms with Gasteiger partial charge < -0.3 is 9.84 Å². The van der Waals surface area contributed by atoms with Crippen LogP contribution >= 0.6 is 0 Å². The van der Waals surface area contributed by atoms with E-state index in [9.17, 15) is 0 Å². The van der Waals surface area contributed by atoms with E-state index >= 15 is 0 Å². The van der Waals surface area contributed by atoms with Crippen molar-refractivity contribution < 1.29 is 4.52 Å². The van der Waals surface area contributed by atoms with Gasteiger partial charge in [-0.15, -0.1) is 0 Å². The molecular weight excluding hydrogens is 168 g/mol. The fourth-order valence-electron chi connectivity index (χ4n) is 1.08. The first kappa shape index (κ1) is 7.97. The SMILES string of the molecule is CCCNc1ncnc2oncc12. The Morgan fingerprint density at radius 1 is 1.46 bits per heavy atom. The number of fused-ring (bicyclic) bond motifs is 1. The molecule has 0 saturated carbocycles. The van der Waals surface area contributed by atoms with Crippen LogP contribution in [0.3, 0.4) is 0 Å². The Bertz CT molecular complexity index is 398. The molecule has 0 radical (unpaired) electrons. The van der Waals surface area contributed by atoms with E-state index in [1.807, 2.05) is 0 Å². The van der Waals surface area contributed by atoms with E-state index in [-0.39, 0.29) is 0 Å². The van der Waals surface area contributed by atoms with Crippen LogP contribution in [0.5, 0.6) is 0 Å². The zero-order chi connectivity index (χ0) is 9.10. The topological polar surface area (TPSA) is 63.8 Å². The molecular formula is C8H10N4O. The number of hydrogen-bond donors (Lipinski definition) is 1. The smallest absolute Gasteiger partial charge is 0.262 e. The van der Waals surface area contributed by atoms with Gasteiger partial charge in [0.15, 0.2) is 0 Å². The first-order valence-corrected chi connectivity index (χ1v) is 4.21. The first-order valence-electron chi connectivity index (χ1n) is 4.21. The predicted octanol–water partition coefficient (Wildman–Crippen LogP) is 1.44. The largest absolute Gasteiger partial charge is 0.369 e. The monoisotopic (exact) mass is 178 g/mol. The highest BCUT2D eigenvalue weighted by atomic mass is 16.5. The lowest BCUT2D eigenvalue weighted by atomic mass is 10.4. The van der Waals surface area contributed by atoms with Gasteiger partial charge in [0.1, 0.15) is 17.5 Å². The van der Waals surface area contributed by atoms with Crippen molar-refractivity contribution in [1.82, 2.24) is 15.1 Å². The van der Waals surface area contributed by atoms with Crippen LogP contribution in [-0.4, -0.2) is 21.7 Å². The molecule has 5 nitrogen and oxygen atoms in total. The molecule has 0 spiro atoms. The Kier molecular flexibility index (Phi) is 2.08. The molecule has 0 atom stereocenters. The summed E-state index contributed by atoms with van der Waals surface area (Å²) in [7, 11) is 0. The van der Waals surface area contributed by atoms with Gasteiger partial charge in [0, 0.05) is 6.54 Å². The third-order valence-electron chi connectivity index (χ3n) is 1.71. The molecule has 5 heteroatoms. The molecule has 68 valence electrons. The average Bonchev–Trinajstić information content (AvgIpc) is 2.62. The number of nitrogens with one attached hydrogen (secondary N) is 1. The van der Waals surface area contributed by atoms with Gasteiger partial charge in [-0.25, -0.2) is 4.98 Å². The van der Waals surface area contributed by atoms with E-state index in [2.05, 4.69) is 27.4 Å². The molecule has 1 N–H and O–H groups in total. The normalized spacial score (nSPS) is 10.5. The molecule has 13 heavy (non-hydrogen) atoms. The van der Waals surface area contributed by atoms with Crippen molar-refractivity contribution in [2.45, 2.75) is 13.3 Å². The minimum Gasteiger partial charge on any atom is -0.369 e. The van der Waals surface area contributed by atoms with Crippen molar-refractivity contribution in [1.29, 1.82) is 0 Å². The summed E-state index contributed by atoms with van der Waals surface area (Å²) in [5, 5.41) is 7.65. The first-order chi connectivity index (χ1) is 6.42. The van der Waals surface area contributed by atoms with Gasteiger partial charge in [-0.1, -0.05) is 12.1 Å². The quantitative estimate of drug-likeness (QED) is 0.770. The molecule has 2 rings (SSSR count). The van der Waals surface area contributed by atoms with Gasteiger partial charge >= 0.3 is 0 Å². The van der Waals surface area contributed by atoms with E-state index in [4.69, 9.17) is 4.52 Å². The third-order valence-corrected chi connectivity index (χ3v) is 1.71. The minimum absolute atomic E-state index is 0.522. The molecule has 0 fully saturated rings. The van der Waals surface area contributed by atoms with Crippen molar-refractivity contribution in [3.8, 4) is 0 Å². The van der Waals surface area contributed by atoms with Crippen molar-refractivity contribution in [2.75, 3.05) is 11.9 Å². The molecule has 0 aliphatic carbocycles. The van der Waals surface area contributed by atoms with Crippen LogP contribution in [0.25, 0.3) is 11.1 Å². The summed E-state index contributed by atoms with van der Waals surface area (Å²) in [6, 6.07) is 0. The Balaban J connectivity index is 2.37. The maximum absolute atomic E-state index is 4.90. The van der Waals surface area contributed by atoms with Gasteiger partial charge in [-0.2, -0.15) is 4.98 Å². The molecule has 0 aromatic carbocycles. The number of hydrogen-bond acceptors (Lipinski definition) is 5. The Morgan fingerprint density at radius 3 is 3.23 bits per heavy atom. The maximum Gasteiger partial charge on any atom is 0.262 e. The van der Waals surface area contributed by atoms with Crippen LogP contribution in [-0.2, 0) is 0 Å². The minimum atomic E-state index is 0.522. The highest BCUT2D eigenvalue weighted by Gasteiger charge is 2.05. The van der Waals surface area contributed by atoms with Crippen LogP contribution in [0.4, 0.5) is 5.82 Å². The highest BCUT2D eigenvalue weighted by Crippen LogP contribution is 2.17. The summed E-state index contributed by atoms with van der Waals surface area (Å²) in [6.07, 6.45) is 4.13. The highest BCUT2D eigenvalue weighted by molar-refractivity contribution is 5.83. The van der Waals surface area contributed by atoms with Gasteiger partial charge in [0.2, 0.25) is 0 Å². The second-order valence-electron chi connectivity index (χ2n) is 2.69. The van der Waals surface area contributed by atoms with Gasteiger partial charge in [0.25, 0.3) is 5.71 Å². The molecule has 2 aromatic heterocycles. The molecule has 0 amide bonds. The van der Waals surface area contributed by atoms with E-state index in [0.29, 0.717) is 5.71 Å². The molecule has 2 aromatic rings. The summed E-state index contributed by atoms with van der Waals surface area (Å²) in [6.45, 7) is 2.98. The number of aromatic nitrogens is 3. The van der Waals surface area contributed by atoms with Gasteiger partial charge in [-0.05, 0) is 6.42 Å². The fourth-order valence-corrected chi connectivity index (χ4v) is 1.08. The zero-order valence-corrected chi connectivity index (χ0v) is 7.32. The van der Waals surface area contributed by atoms with E-state index in [0.717, 1.165) is 24.2 Å². The second-order valence-corrected chi connectivity index (χ2v) is 2.69. The number of nitrogens with zero attached hydrogens (tertiary/aromatic N) is 3. The number of anilines is 1. The molecule has 0 unspecified atom stereocenters. The Morgan fingerprint density at radius 2 is 2.38 bits per heavy atom. The van der Waals surface area contributed by atoms with Crippen LogP contribution in [0.15, 0.2) is 17.0 Å². The molecule has 0 aliphatic rings. The van der Waals surface area contributed by atoms with E-state index in [1.165, 1.54) is 6.33 Å². The van der Waals surface area contributed by atoms with E-state index in [1.54, 1.807) is 6.20 Å². The summed E-state index contributed by atoms with van der Waals surface area (Å²) in [5.74, 6) is 0.785. The third kappa shape index (κ3) is 1.44. The molecule has 0 saturated heterocycles. The fraction of sp³-hybridized carbons (Fsp3) is 0.375. The summed E-state index contributed by atoms with van der Waals surface area (Å²) in [5.41, 5.74) is 0.522. The van der Waals surface area contributed by atoms with Crippen LogP contribution < -0.4 is 5.32 Å². The van der Waals surface area contributed by atoms with Gasteiger partial charge in [0.05, 0.1) is 6.20 Å². The van der Waals surface area contributed by atoms with Crippen molar-refractivity contribution >= 4 is 16.9 Å². The summed E-state index contributed by atoms with van der Waals surface area (Å²) < 4.78 is 4.90. The van der Waals surface area contributed by atoms with Crippen molar-refractivity contribution in [2.24, 2.45) is 0 Å². The standard InChI is InChI=1S/C8H10N4O/c1-2-3-9-7-6-4-12-13-8(6)11-5-10-7/h4-5H,2-3H2,1H3,(H,9,10,11). The maximum atomic E-state index is 4.90. The van der Waals surface area contributed by atoms with Crippen molar-refractivity contribution in [3.63, 3.8) is 0 Å². The Hall–Kier alpha value is -1.65. The van der Waals surface area contributed by atoms with Crippen LogP contribution in [0, 0.1) is 0 Å².